The highest BCUT2D eigenvalue weighted by Gasteiger charge is 2.30. The molecule has 0 N–H and O–H groups in total. The minimum absolute atomic E-state index is 0.374. The third kappa shape index (κ3) is 2.97. The molecule has 1 aromatic carbocycles. The van der Waals surface area contributed by atoms with Crippen molar-refractivity contribution in [3.05, 3.63) is 76.2 Å². The van der Waals surface area contributed by atoms with E-state index in [1.807, 2.05) is 35.2 Å². The molecule has 2 aliphatic heterocycles. The highest BCUT2D eigenvalue weighted by atomic mass is 35.5. The minimum atomic E-state index is 0.374. The highest BCUT2D eigenvalue weighted by molar-refractivity contribution is 6.68. The van der Waals surface area contributed by atoms with Gasteiger partial charge in [0.05, 0.1) is 21.3 Å². The van der Waals surface area contributed by atoms with E-state index in [1.54, 1.807) is 24.7 Å². The van der Waals surface area contributed by atoms with Crippen molar-refractivity contribution >= 4 is 57.2 Å². The Hall–Kier alpha value is -2.14. The van der Waals surface area contributed by atoms with Gasteiger partial charge in [-0.3, -0.25) is 9.88 Å². The zero-order valence-electron chi connectivity index (χ0n) is 12.8. The number of benzene rings is 1. The maximum Gasteiger partial charge on any atom is 0.205 e. The molecule has 0 bridgehead atoms. The number of amidine groups is 2. The number of aromatic nitrogens is 1. The Bertz CT molecular complexity index is 962. The molecule has 0 saturated carbocycles. The van der Waals surface area contributed by atoms with Gasteiger partial charge in [0.2, 0.25) is 5.29 Å². The van der Waals surface area contributed by atoms with Crippen molar-refractivity contribution in [1.29, 1.82) is 0 Å². The van der Waals surface area contributed by atoms with Crippen molar-refractivity contribution < 1.29 is 0 Å². The van der Waals surface area contributed by atoms with Crippen LogP contribution in [0.2, 0.25) is 10.0 Å². The summed E-state index contributed by atoms with van der Waals surface area (Å²) >= 11 is 18.7. The predicted molar refractivity (Wildman–Crippen MR) is 104 cm³/mol. The number of hydrogen-bond acceptors (Lipinski definition) is 4. The van der Waals surface area contributed by atoms with Crippen LogP contribution in [-0.2, 0) is 0 Å². The molecule has 0 unspecified atom stereocenters. The van der Waals surface area contributed by atoms with Gasteiger partial charge in [-0.25, -0.2) is 9.98 Å². The molecule has 4 nitrogen and oxygen atoms in total. The van der Waals surface area contributed by atoms with Gasteiger partial charge in [0.25, 0.3) is 0 Å². The van der Waals surface area contributed by atoms with E-state index in [0.29, 0.717) is 21.9 Å². The van der Waals surface area contributed by atoms with Crippen LogP contribution in [0.15, 0.2) is 65.0 Å². The van der Waals surface area contributed by atoms with Crippen molar-refractivity contribution in [2.24, 2.45) is 9.98 Å². The third-order valence-corrected chi connectivity index (χ3v) is 4.92. The monoisotopic (exact) mass is 388 g/mol. The molecule has 2 aromatic rings. The molecule has 0 fully saturated rings. The highest BCUT2D eigenvalue weighted by Crippen LogP contribution is 2.37. The lowest BCUT2D eigenvalue weighted by atomic mass is 9.97. The second-order valence-corrected chi connectivity index (χ2v) is 6.57. The van der Waals surface area contributed by atoms with Gasteiger partial charge in [0.1, 0.15) is 5.84 Å². The second-order valence-electron chi connectivity index (χ2n) is 5.42. The smallest absolute Gasteiger partial charge is 0.205 e. The lowest BCUT2D eigenvalue weighted by molar-refractivity contribution is 0.684. The molecule has 7 heteroatoms. The maximum atomic E-state index is 6.41. The lowest BCUT2D eigenvalue weighted by Crippen LogP contribution is -2.39. The molecule has 0 aliphatic carbocycles. The van der Waals surface area contributed by atoms with Crippen LogP contribution < -0.4 is 0 Å². The van der Waals surface area contributed by atoms with E-state index in [2.05, 4.69) is 15.0 Å². The SMILES string of the molecule is ClC1=NC(c2ccncc2)=C(c2ccc(Cl)c(Cl)c2)C2=NC=CCN12. The molecule has 0 saturated heterocycles. The first-order valence-corrected chi connectivity index (χ1v) is 8.63. The molecule has 25 heavy (non-hydrogen) atoms. The average Bonchev–Trinajstić information content (AvgIpc) is 2.65. The molecule has 0 radical (unpaired) electrons. The van der Waals surface area contributed by atoms with E-state index in [0.717, 1.165) is 28.2 Å². The van der Waals surface area contributed by atoms with Crippen molar-refractivity contribution in [2.75, 3.05) is 6.54 Å². The molecule has 0 amide bonds. The summed E-state index contributed by atoms with van der Waals surface area (Å²) in [5.74, 6) is 0.729. The summed E-state index contributed by atoms with van der Waals surface area (Å²) in [5, 5.41) is 1.34. The summed E-state index contributed by atoms with van der Waals surface area (Å²) in [6, 6.07) is 9.25. The summed E-state index contributed by atoms with van der Waals surface area (Å²) in [6.07, 6.45) is 7.12. The van der Waals surface area contributed by atoms with Crippen LogP contribution in [0.3, 0.4) is 0 Å². The van der Waals surface area contributed by atoms with Gasteiger partial charge in [-0.1, -0.05) is 29.3 Å². The summed E-state index contributed by atoms with van der Waals surface area (Å²) in [5.41, 5.74) is 3.33. The van der Waals surface area contributed by atoms with Gasteiger partial charge in [-0.15, -0.1) is 0 Å². The van der Waals surface area contributed by atoms with E-state index in [9.17, 15) is 0 Å². The summed E-state index contributed by atoms with van der Waals surface area (Å²) in [4.78, 5) is 15.1. The zero-order chi connectivity index (χ0) is 17.4. The first-order chi connectivity index (χ1) is 12.1. The van der Waals surface area contributed by atoms with E-state index >= 15 is 0 Å². The molecule has 3 heterocycles. The Kier molecular flexibility index (Phi) is 4.34. The van der Waals surface area contributed by atoms with Gasteiger partial charge < -0.3 is 0 Å². The van der Waals surface area contributed by atoms with Gasteiger partial charge >= 0.3 is 0 Å². The Morgan fingerprint density at radius 3 is 2.48 bits per heavy atom. The summed E-state index contributed by atoms with van der Waals surface area (Å²) in [6.45, 7) is 0.607. The molecule has 1 aromatic heterocycles. The molecule has 124 valence electrons. The number of halogens is 3. The first-order valence-electron chi connectivity index (χ1n) is 7.50. The van der Waals surface area contributed by atoms with Gasteiger partial charge in [0, 0.05) is 30.7 Å². The molecule has 0 spiro atoms. The Morgan fingerprint density at radius 1 is 0.920 bits per heavy atom. The fourth-order valence-electron chi connectivity index (χ4n) is 2.74. The van der Waals surface area contributed by atoms with Crippen LogP contribution in [0.5, 0.6) is 0 Å². The minimum Gasteiger partial charge on any atom is -0.297 e. The van der Waals surface area contributed by atoms with Crippen LogP contribution in [0, 0.1) is 0 Å². The van der Waals surface area contributed by atoms with Gasteiger partial charge in [-0.2, -0.15) is 0 Å². The second kappa shape index (κ2) is 6.64. The number of aliphatic imine (C=N–C) groups is 2. The summed E-state index contributed by atoms with van der Waals surface area (Å²) < 4.78 is 0. The van der Waals surface area contributed by atoms with E-state index in [-0.39, 0.29) is 0 Å². The quantitative estimate of drug-likeness (QED) is 0.671. The number of nitrogens with zero attached hydrogens (tertiary/aromatic N) is 4. The number of rotatable bonds is 2. The van der Waals surface area contributed by atoms with Crippen molar-refractivity contribution in [3.63, 3.8) is 0 Å². The van der Waals surface area contributed by atoms with Crippen LogP contribution in [-0.4, -0.2) is 27.6 Å². The Labute approximate surface area is 159 Å². The molecule has 2 aliphatic rings. The van der Waals surface area contributed by atoms with Crippen LogP contribution >= 0.6 is 34.8 Å². The maximum absolute atomic E-state index is 6.41. The summed E-state index contributed by atoms with van der Waals surface area (Å²) in [7, 11) is 0. The first kappa shape index (κ1) is 16.3. The van der Waals surface area contributed by atoms with E-state index in [1.165, 1.54) is 0 Å². The van der Waals surface area contributed by atoms with E-state index < -0.39 is 0 Å². The van der Waals surface area contributed by atoms with Gasteiger partial charge in [-0.05, 0) is 47.5 Å². The van der Waals surface area contributed by atoms with Crippen LogP contribution in [0.4, 0.5) is 0 Å². The van der Waals surface area contributed by atoms with Crippen LogP contribution in [0.25, 0.3) is 11.3 Å². The molecular weight excluding hydrogens is 379 g/mol. The number of pyridine rings is 1. The Balaban J connectivity index is 2.01. The molecular formula is C18H11Cl3N4. The lowest BCUT2D eigenvalue weighted by Gasteiger charge is -2.31. The fourth-order valence-corrected chi connectivity index (χ4v) is 3.28. The number of fused-ring (bicyclic) bond motifs is 1. The average molecular weight is 390 g/mol. The molecule has 0 atom stereocenters. The normalized spacial score (nSPS) is 16.5. The van der Waals surface area contributed by atoms with Crippen LogP contribution in [0.1, 0.15) is 11.1 Å². The Morgan fingerprint density at radius 2 is 1.72 bits per heavy atom. The fraction of sp³-hybridized carbons (Fsp3) is 0.0556. The van der Waals surface area contributed by atoms with E-state index in [4.69, 9.17) is 34.8 Å². The topological polar surface area (TPSA) is 40.9 Å². The van der Waals surface area contributed by atoms with Crippen molar-refractivity contribution in [1.82, 2.24) is 9.88 Å². The third-order valence-electron chi connectivity index (χ3n) is 3.90. The standard InChI is InChI=1S/C18H11Cl3N4/c19-13-3-2-12(10-14(13)20)15-16(11-4-7-22-8-5-11)24-18(21)25-9-1-6-23-17(15)25/h1-8,10H,9H2. The number of hydrogen-bond donors (Lipinski definition) is 0. The largest absolute Gasteiger partial charge is 0.297 e. The molecule has 4 rings (SSSR count). The predicted octanol–water partition coefficient (Wildman–Crippen LogP) is 5.09. The van der Waals surface area contributed by atoms with Crippen molar-refractivity contribution in [2.45, 2.75) is 0 Å². The van der Waals surface area contributed by atoms with Gasteiger partial charge in [0.15, 0.2) is 0 Å². The zero-order valence-corrected chi connectivity index (χ0v) is 15.1. The van der Waals surface area contributed by atoms with Crippen molar-refractivity contribution in [3.8, 4) is 0 Å².